The fourth-order valence-corrected chi connectivity index (χ4v) is 1.25. The molecule has 0 radical (unpaired) electrons. The number of ether oxygens (including phenoxy) is 1. The second-order valence-corrected chi connectivity index (χ2v) is 3.71. The molecule has 2 amide bonds. The predicted molar refractivity (Wildman–Crippen MR) is 66.3 cm³/mol. The number of hydrogen-bond donors (Lipinski definition) is 3. The summed E-state index contributed by atoms with van der Waals surface area (Å²) in [4.78, 5) is 22.9. The van der Waals surface area contributed by atoms with Crippen LogP contribution < -0.4 is 15.4 Å². The number of rotatable bonds is 4. The number of amides is 2. The Hall–Kier alpha value is -2.08. The molecule has 0 saturated carbocycles. The van der Waals surface area contributed by atoms with Crippen molar-refractivity contribution in [1.82, 2.24) is 5.32 Å². The minimum Gasteiger partial charge on any atom is -0.495 e. The Labute approximate surface area is 105 Å². The maximum Gasteiger partial charge on any atom is 0.313 e. The molecule has 1 aromatic carbocycles. The van der Waals surface area contributed by atoms with Crippen LogP contribution in [0.4, 0.5) is 5.69 Å². The average Bonchev–Trinajstić information content (AvgIpc) is 2.36. The van der Waals surface area contributed by atoms with E-state index < -0.39 is 17.9 Å². The van der Waals surface area contributed by atoms with Gasteiger partial charge in [0.15, 0.2) is 0 Å². The van der Waals surface area contributed by atoms with Crippen LogP contribution in [0.5, 0.6) is 5.75 Å². The topological polar surface area (TPSA) is 87.7 Å². The molecular weight excluding hydrogens is 236 g/mol. The van der Waals surface area contributed by atoms with Gasteiger partial charge >= 0.3 is 11.8 Å². The SMILES string of the molecule is COc1ccccc1NC(=O)C(=O)NC[C@@H](C)O. The van der Waals surface area contributed by atoms with Crippen molar-refractivity contribution >= 4 is 17.5 Å². The number of carbonyl (C=O) groups is 2. The molecular formula is C12H16N2O4. The van der Waals surface area contributed by atoms with E-state index >= 15 is 0 Å². The number of benzene rings is 1. The molecule has 0 fully saturated rings. The van der Waals surface area contributed by atoms with Crippen molar-refractivity contribution in [2.75, 3.05) is 19.0 Å². The van der Waals surface area contributed by atoms with Crippen molar-refractivity contribution in [2.45, 2.75) is 13.0 Å². The molecule has 98 valence electrons. The van der Waals surface area contributed by atoms with Crippen molar-refractivity contribution in [3.63, 3.8) is 0 Å². The number of para-hydroxylation sites is 2. The maximum absolute atomic E-state index is 11.5. The van der Waals surface area contributed by atoms with Gasteiger partial charge in [-0.15, -0.1) is 0 Å². The van der Waals surface area contributed by atoms with Gasteiger partial charge in [-0.2, -0.15) is 0 Å². The normalized spacial score (nSPS) is 11.5. The summed E-state index contributed by atoms with van der Waals surface area (Å²) >= 11 is 0. The van der Waals surface area contributed by atoms with Crippen molar-refractivity contribution < 1.29 is 19.4 Å². The van der Waals surface area contributed by atoms with Crippen LogP contribution in [0.2, 0.25) is 0 Å². The first-order chi connectivity index (χ1) is 8.54. The number of aliphatic hydroxyl groups excluding tert-OH is 1. The molecule has 0 heterocycles. The lowest BCUT2D eigenvalue weighted by molar-refractivity contribution is -0.136. The van der Waals surface area contributed by atoms with E-state index in [2.05, 4.69) is 10.6 Å². The van der Waals surface area contributed by atoms with E-state index in [0.717, 1.165) is 0 Å². The molecule has 1 atom stereocenters. The van der Waals surface area contributed by atoms with E-state index in [-0.39, 0.29) is 6.54 Å². The van der Waals surface area contributed by atoms with Crippen LogP contribution in [-0.4, -0.2) is 36.7 Å². The van der Waals surface area contributed by atoms with Gasteiger partial charge in [0, 0.05) is 6.54 Å². The molecule has 6 heteroatoms. The highest BCUT2D eigenvalue weighted by Crippen LogP contribution is 2.22. The van der Waals surface area contributed by atoms with Gasteiger partial charge in [0.2, 0.25) is 0 Å². The summed E-state index contributed by atoms with van der Waals surface area (Å²) in [7, 11) is 1.47. The van der Waals surface area contributed by atoms with E-state index in [1.54, 1.807) is 24.3 Å². The monoisotopic (exact) mass is 252 g/mol. The lowest BCUT2D eigenvalue weighted by Gasteiger charge is -2.10. The molecule has 0 aliphatic rings. The Kier molecular flexibility index (Phi) is 5.13. The smallest absolute Gasteiger partial charge is 0.313 e. The Balaban J connectivity index is 2.61. The molecule has 0 bridgehead atoms. The third-order valence-corrected chi connectivity index (χ3v) is 2.12. The zero-order valence-electron chi connectivity index (χ0n) is 10.3. The van der Waals surface area contributed by atoms with Crippen molar-refractivity contribution in [3.8, 4) is 5.75 Å². The summed E-state index contributed by atoms with van der Waals surface area (Å²) in [6, 6.07) is 6.76. The number of methoxy groups -OCH3 is 1. The highest BCUT2D eigenvalue weighted by atomic mass is 16.5. The van der Waals surface area contributed by atoms with E-state index in [1.807, 2.05) is 0 Å². The van der Waals surface area contributed by atoms with Gasteiger partial charge in [-0.3, -0.25) is 9.59 Å². The number of anilines is 1. The number of aliphatic hydroxyl groups is 1. The third kappa shape index (κ3) is 4.06. The van der Waals surface area contributed by atoms with Gasteiger partial charge in [0.05, 0.1) is 18.9 Å². The molecule has 1 aromatic rings. The summed E-state index contributed by atoms with van der Waals surface area (Å²) in [5, 5.41) is 13.7. The molecule has 0 aliphatic heterocycles. The van der Waals surface area contributed by atoms with Crippen molar-refractivity contribution in [3.05, 3.63) is 24.3 Å². The zero-order chi connectivity index (χ0) is 13.5. The van der Waals surface area contributed by atoms with Crippen LogP contribution in [0.3, 0.4) is 0 Å². The highest BCUT2D eigenvalue weighted by Gasteiger charge is 2.15. The summed E-state index contributed by atoms with van der Waals surface area (Å²) in [5.41, 5.74) is 0.414. The first kappa shape index (κ1) is 14.0. The molecule has 18 heavy (non-hydrogen) atoms. The lowest BCUT2D eigenvalue weighted by Crippen LogP contribution is -2.38. The lowest BCUT2D eigenvalue weighted by atomic mass is 10.3. The molecule has 6 nitrogen and oxygen atoms in total. The van der Waals surface area contributed by atoms with Crippen LogP contribution in [0, 0.1) is 0 Å². The predicted octanol–water partition coefficient (Wildman–Crippen LogP) is 0.131. The molecule has 1 rings (SSSR count). The van der Waals surface area contributed by atoms with Gasteiger partial charge < -0.3 is 20.5 Å². The van der Waals surface area contributed by atoms with Gasteiger partial charge in [0.1, 0.15) is 5.75 Å². The van der Waals surface area contributed by atoms with Crippen LogP contribution in [0.25, 0.3) is 0 Å². The molecule has 0 unspecified atom stereocenters. The second kappa shape index (κ2) is 6.61. The van der Waals surface area contributed by atoms with Crippen molar-refractivity contribution in [2.24, 2.45) is 0 Å². The Morgan fingerprint density at radius 3 is 2.61 bits per heavy atom. The minimum atomic E-state index is -0.805. The summed E-state index contributed by atoms with van der Waals surface area (Å²) < 4.78 is 5.04. The Morgan fingerprint density at radius 2 is 2.00 bits per heavy atom. The maximum atomic E-state index is 11.5. The van der Waals surface area contributed by atoms with E-state index in [1.165, 1.54) is 14.0 Å². The van der Waals surface area contributed by atoms with Crippen LogP contribution in [0.15, 0.2) is 24.3 Å². The standard InChI is InChI=1S/C12H16N2O4/c1-8(15)7-13-11(16)12(17)14-9-5-3-4-6-10(9)18-2/h3-6,8,15H,7H2,1-2H3,(H,13,16)(H,14,17)/t8-/m1/s1. The Morgan fingerprint density at radius 1 is 1.33 bits per heavy atom. The summed E-state index contributed by atoms with van der Waals surface area (Å²) in [5.74, 6) is -1.14. The molecule has 0 aliphatic carbocycles. The van der Waals surface area contributed by atoms with Gasteiger partial charge in [-0.05, 0) is 19.1 Å². The summed E-state index contributed by atoms with van der Waals surface area (Å²) in [6.45, 7) is 1.54. The van der Waals surface area contributed by atoms with Gasteiger partial charge in [-0.1, -0.05) is 12.1 Å². The fourth-order valence-electron chi connectivity index (χ4n) is 1.25. The third-order valence-electron chi connectivity index (χ3n) is 2.12. The largest absolute Gasteiger partial charge is 0.495 e. The Bertz CT molecular complexity index is 432. The minimum absolute atomic E-state index is 0.0260. The zero-order valence-corrected chi connectivity index (χ0v) is 10.3. The van der Waals surface area contributed by atoms with Crippen LogP contribution in [0.1, 0.15) is 6.92 Å². The number of carbonyl (C=O) groups excluding carboxylic acids is 2. The van der Waals surface area contributed by atoms with Gasteiger partial charge in [0.25, 0.3) is 0 Å². The number of nitrogens with one attached hydrogen (secondary N) is 2. The molecule has 0 spiro atoms. The van der Waals surface area contributed by atoms with Gasteiger partial charge in [-0.25, -0.2) is 0 Å². The first-order valence-electron chi connectivity index (χ1n) is 5.45. The highest BCUT2D eigenvalue weighted by molar-refractivity contribution is 6.39. The fraction of sp³-hybridized carbons (Fsp3) is 0.333. The molecule has 0 aromatic heterocycles. The van der Waals surface area contributed by atoms with Crippen molar-refractivity contribution in [1.29, 1.82) is 0 Å². The number of hydrogen-bond acceptors (Lipinski definition) is 4. The van der Waals surface area contributed by atoms with Crippen LogP contribution >= 0.6 is 0 Å². The quantitative estimate of drug-likeness (QED) is 0.665. The molecule has 0 saturated heterocycles. The average molecular weight is 252 g/mol. The second-order valence-electron chi connectivity index (χ2n) is 3.71. The van der Waals surface area contributed by atoms with E-state index in [9.17, 15) is 9.59 Å². The van der Waals surface area contributed by atoms with Crippen LogP contribution in [-0.2, 0) is 9.59 Å². The summed E-state index contributed by atoms with van der Waals surface area (Å²) in [6.07, 6.45) is -0.701. The van der Waals surface area contributed by atoms with E-state index in [0.29, 0.717) is 11.4 Å². The first-order valence-corrected chi connectivity index (χ1v) is 5.45. The molecule has 3 N–H and O–H groups in total. The van der Waals surface area contributed by atoms with E-state index in [4.69, 9.17) is 9.84 Å².